The van der Waals surface area contributed by atoms with Crippen molar-refractivity contribution in [2.45, 2.75) is 25.3 Å². The van der Waals surface area contributed by atoms with E-state index in [0.717, 1.165) is 0 Å². The van der Waals surface area contributed by atoms with Crippen molar-refractivity contribution in [1.29, 1.82) is 0 Å². The predicted octanol–water partition coefficient (Wildman–Crippen LogP) is 0.509. The molecule has 2 N–H and O–H groups in total. The number of rotatable bonds is 5. The third-order valence-corrected chi connectivity index (χ3v) is 6.96. The summed E-state index contributed by atoms with van der Waals surface area (Å²) in [5.41, 5.74) is -0.848. The molecule has 2 saturated heterocycles. The first kappa shape index (κ1) is 18.5. The van der Waals surface area contributed by atoms with E-state index in [4.69, 9.17) is 0 Å². The highest BCUT2D eigenvalue weighted by Crippen LogP contribution is 2.25. The van der Waals surface area contributed by atoms with E-state index in [1.807, 2.05) is 6.07 Å². The minimum absolute atomic E-state index is 0.0250. The van der Waals surface area contributed by atoms with E-state index in [0.29, 0.717) is 18.4 Å². The number of urea groups is 1. The monoisotopic (exact) mass is 379 g/mol. The average Bonchev–Trinajstić information content (AvgIpc) is 2.86. The Morgan fingerprint density at radius 2 is 1.81 bits per heavy atom. The lowest BCUT2D eigenvalue weighted by molar-refractivity contribution is -0.122. The number of sulfonamides is 1. The summed E-state index contributed by atoms with van der Waals surface area (Å²) in [7, 11) is -3.75. The molecule has 0 unspecified atom stereocenters. The Morgan fingerprint density at radius 1 is 1.19 bits per heavy atom. The van der Waals surface area contributed by atoms with Crippen LogP contribution in [0, 0.1) is 5.92 Å². The summed E-state index contributed by atoms with van der Waals surface area (Å²) in [4.78, 5) is 35.6. The van der Waals surface area contributed by atoms with Gasteiger partial charge in [-0.2, -0.15) is 0 Å². The number of Topliss-reactive ketones (excluding diaryl/α,β-unsaturated/α-hetero) is 1. The molecule has 2 heterocycles. The number of carbonyl (C=O) groups excluding carboxylic acids is 3. The Morgan fingerprint density at radius 3 is 2.35 bits per heavy atom. The van der Waals surface area contributed by atoms with Gasteiger partial charge in [-0.1, -0.05) is 30.3 Å². The van der Waals surface area contributed by atoms with Gasteiger partial charge in [0.05, 0.1) is 5.75 Å². The lowest BCUT2D eigenvalue weighted by atomic mass is 9.90. The van der Waals surface area contributed by atoms with Gasteiger partial charge in [-0.05, 0) is 19.8 Å². The minimum Gasteiger partial charge on any atom is -0.322 e. The van der Waals surface area contributed by atoms with Gasteiger partial charge in [0, 0.05) is 24.6 Å². The topological polar surface area (TPSA) is 113 Å². The number of ketones is 1. The number of benzene rings is 1. The van der Waals surface area contributed by atoms with Crippen LogP contribution in [0.5, 0.6) is 0 Å². The highest BCUT2D eigenvalue weighted by molar-refractivity contribution is 7.89. The molecule has 1 aromatic rings. The fourth-order valence-corrected chi connectivity index (χ4v) is 5.25. The van der Waals surface area contributed by atoms with Gasteiger partial charge in [0.25, 0.3) is 5.91 Å². The van der Waals surface area contributed by atoms with Gasteiger partial charge in [-0.3, -0.25) is 14.9 Å². The third kappa shape index (κ3) is 3.63. The van der Waals surface area contributed by atoms with Crippen molar-refractivity contribution >= 4 is 27.7 Å². The minimum atomic E-state index is -3.75. The number of carbonyl (C=O) groups is 3. The maximum atomic E-state index is 12.7. The molecule has 2 aliphatic rings. The Hall–Kier alpha value is -2.26. The third-order valence-electron chi connectivity index (χ3n) is 4.87. The zero-order valence-corrected chi connectivity index (χ0v) is 15.2. The number of hydrogen-bond acceptors (Lipinski definition) is 5. The maximum absolute atomic E-state index is 12.7. The van der Waals surface area contributed by atoms with E-state index >= 15 is 0 Å². The molecule has 26 heavy (non-hydrogen) atoms. The summed E-state index contributed by atoms with van der Waals surface area (Å²) in [6.07, 6.45) is 0.866. The number of nitrogens with one attached hydrogen (secondary N) is 2. The number of piperidine rings is 1. The largest absolute Gasteiger partial charge is 0.322 e. The fraction of sp³-hybridized carbons (Fsp3) is 0.471. The van der Waals surface area contributed by atoms with Crippen molar-refractivity contribution in [3.05, 3.63) is 35.9 Å². The van der Waals surface area contributed by atoms with Crippen LogP contribution < -0.4 is 10.6 Å². The standard InChI is InChI=1S/C17H21N3O5S/c1-17(15(22)18-16(23)19-17)11-26(24,25)20-9-7-13(8-10-20)14(21)12-5-3-2-4-6-12/h2-6,13H,7-11H2,1H3,(H2,18,19,22,23)/t17-/m1/s1. The van der Waals surface area contributed by atoms with Crippen molar-refractivity contribution in [3.8, 4) is 0 Å². The molecule has 0 spiro atoms. The summed E-state index contributed by atoms with van der Waals surface area (Å²) < 4.78 is 26.6. The summed E-state index contributed by atoms with van der Waals surface area (Å²) in [5.74, 6) is -1.35. The van der Waals surface area contributed by atoms with Crippen molar-refractivity contribution in [2.75, 3.05) is 18.8 Å². The Kier molecular flexibility index (Phi) is 4.85. The van der Waals surface area contributed by atoms with Crippen molar-refractivity contribution in [1.82, 2.24) is 14.9 Å². The molecule has 0 saturated carbocycles. The normalized spacial score (nSPS) is 25.0. The molecular weight excluding hydrogens is 358 g/mol. The molecule has 0 bridgehead atoms. The van der Waals surface area contributed by atoms with Crippen LogP contribution in [0.15, 0.2) is 30.3 Å². The van der Waals surface area contributed by atoms with Gasteiger partial charge in [0.15, 0.2) is 5.78 Å². The van der Waals surface area contributed by atoms with Crippen LogP contribution in [0.1, 0.15) is 30.1 Å². The van der Waals surface area contributed by atoms with Crippen LogP contribution in [-0.4, -0.2) is 54.8 Å². The second kappa shape index (κ2) is 6.81. The summed E-state index contributed by atoms with van der Waals surface area (Å²) in [6.45, 7) is 1.82. The van der Waals surface area contributed by atoms with Crippen LogP contribution >= 0.6 is 0 Å². The molecule has 140 valence electrons. The van der Waals surface area contributed by atoms with Crippen LogP contribution in [0.25, 0.3) is 0 Å². The highest BCUT2D eigenvalue weighted by Gasteiger charge is 2.47. The summed E-state index contributed by atoms with van der Waals surface area (Å²) in [5, 5.41) is 4.42. The first-order valence-corrected chi connectivity index (χ1v) is 10.0. The zero-order valence-electron chi connectivity index (χ0n) is 14.4. The van der Waals surface area contributed by atoms with Gasteiger partial charge in [-0.15, -0.1) is 0 Å². The van der Waals surface area contributed by atoms with Gasteiger partial charge in [0.2, 0.25) is 10.0 Å². The van der Waals surface area contributed by atoms with E-state index in [2.05, 4.69) is 10.6 Å². The van der Waals surface area contributed by atoms with Crippen molar-refractivity contribution in [3.63, 3.8) is 0 Å². The summed E-state index contributed by atoms with van der Waals surface area (Å²) >= 11 is 0. The van der Waals surface area contributed by atoms with Crippen LogP contribution in [0.2, 0.25) is 0 Å². The molecule has 0 aromatic heterocycles. The summed E-state index contributed by atoms with van der Waals surface area (Å²) in [6, 6.07) is 8.26. The molecule has 0 aliphatic carbocycles. The Bertz CT molecular complexity index is 831. The fourth-order valence-electron chi connectivity index (χ4n) is 3.37. The SMILES string of the molecule is C[C@]1(CS(=O)(=O)N2CCC(C(=O)c3ccccc3)CC2)NC(=O)NC1=O. The van der Waals surface area contributed by atoms with E-state index in [-0.39, 0.29) is 24.8 Å². The number of imide groups is 1. The second-order valence-corrected chi connectivity index (χ2v) is 8.87. The maximum Gasteiger partial charge on any atom is 0.322 e. The van der Waals surface area contributed by atoms with Gasteiger partial charge in [-0.25, -0.2) is 17.5 Å². The van der Waals surface area contributed by atoms with E-state index in [9.17, 15) is 22.8 Å². The molecule has 8 nitrogen and oxygen atoms in total. The second-order valence-electron chi connectivity index (χ2n) is 6.90. The number of hydrogen-bond donors (Lipinski definition) is 2. The Balaban J connectivity index is 1.63. The molecular formula is C17H21N3O5S. The molecule has 1 aromatic carbocycles. The quantitative estimate of drug-likeness (QED) is 0.572. The van der Waals surface area contributed by atoms with Gasteiger partial charge in [0.1, 0.15) is 5.54 Å². The van der Waals surface area contributed by atoms with Crippen LogP contribution in [0.3, 0.4) is 0 Å². The van der Waals surface area contributed by atoms with E-state index in [1.165, 1.54) is 11.2 Å². The number of nitrogens with zero attached hydrogens (tertiary/aromatic N) is 1. The molecule has 3 amide bonds. The van der Waals surface area contributed by atoms with Crippen molar-refractivity contribution in [2.24, 2.45) is 5.92 Å². The predicted molar refractivity (Wildman–Crippen MR) is 93.9 cm³/mol. The molecule has 1 atom stereocenters. The van der Waals surface area contributed by atoms with E-state index in [1.54, 1.807) is 24.3 Å². The smallest absolute Gasteiger partial charge is 0.322 e. The van der Waals surface area contributed by atoms with Crippen molar-refractivity contribution < 1.29 is 22.8 Å². The lowest BCUT2D eigenvalue weighted by Crippen LogP contribution is -2.53. The van der Waals surface area contributed by atoms with Crippen LogP contribution in [0.4, 0.5) is 4.79 Å². The molecule has 2 aliphatic heterocycles. The molecule has 9 heteroatoms. The number of amides is 3. The first-order chi connectivity index (χ1) is 12.2. The molecule has 3 rings (SSSR count). The van der Waals surface area contributed by atoms with Gasteiger partial charge < -0.3 is 5.32 Å². The van der Waals surface area contributed by atoms with Crippen LogP contribution in [-0.2, 0) is 14.8 Å². The van der Waals surface area contributed by atoms with E-state index < -0.39 is 33.3 Å². The molecule has 0 radical (unpaired) electrons. The van der Waals surface area contributed by atoms with Gasteiger partial charge >= 0.3 is 6.03 Å². The highest BCUT2D eigenvalue weighted by atomic mass is 32.2. The zero-order chi connectivity index (χ0) is 18.9. The molecule has 2 fully saturated rings. The Labute approximate surface area is 152 Å². The first-order valence-electron chi connectivity index (χ1n) is 8.42. The lowest BCUT2D eigenvalue weighted by Gasteiger charge is -2.32. The average molecular weight is 379 g/mol.